The largest absolute Gasteiger partial charge is 0.389 e. The maximum absolute atomic E-state index is 5.67. The van der Waals surface area contributed by atoms with E-state index in [9.17, 15) is 0 Å². The Morgan fingerprint density at radius 3 is 2.57 bits per heavy atom. The van der Waals surface area contributed by atoms with Crippen molar-refractivity contribution in [3.63, 3.8) is 0 Å². The number of nitrogens with two attached hydrogens (primary N) is 1. The predicted molar refractivity (Wildman–Crippen MR) is 99.8 cm³/mol. The first-order chi connectivity index (χ1) is 11.2. The van der Waals surface area contributed by atoms with Crippen molar-refractivity contribution >= 4 is 28.2 Å². The van der Waals surface area contributed by atoms with Gasteiger partial charge in [-0.15, -0.1) is 0 Å². The van der Waals surface area contributed by atoms with Crippen molar-refractivity contribution in [2.45, 2.75) is 32.7 Å². The summed E-state index contributed by atoms with van der Waals surface area (Å²) in [6, 6.07) is 16.5. The highest BCUT2D eigenvalue weighted by Gasteiger charge is 2.10. The molecule has 0 bridgehead atoms. The molecule has 2 aromatic carbocycles. The Kier molecular flexibility index (Phi) is 4.72. The van der Waals surface area contributed by atoms with Gasteiger partial charge < -0.3 is 10.3 Å². The highest BCUT2D eigenvalue weighted by Crippen LogP contribution is 2.19. The van der Waals surface area contributed by atoms with Crippen molar-refractivity contribution in [3.05, 3.63) is 65.5 Å². The summed E-state index contributed by atoms with van der Waals surface area (Å²) in [6.07, 6.45) is 3.34. The topological polar surface area (TPSA) is 43.8 Å². The Bertz CT molecular complexity index is 818. The van der Waals surface area contributed by atoms with Crippen LogP contribution in [-0.4, -0.2) is 14.5 Å². The van der Waals surface area contributed by atoms with Crippen LogP contribution in [0, 0.1) is 0 Å². The van der Waals surface area contributed by atoms with Crippen molar-refractivity contribution in [2.75, 3.05) is 0 Å². The normalized spacial score (nSPS) is 11.0. The standard InChI is InChI=1S/C19H21N3S/c1-2-3-8-18-21-16-6-4-5-7-17(16)22(18)13-14-9-11-15(12-10-14)19(20)23/h4-7,9-12H,2-3,8,13H2,1H3,(H2,20,23). The fraction of sp³-hybridized carbons (Fsp3) is 0.263. The first kappa shape index (κ1) is 15.7. The summed E-state index contributed by atoms with van der Waals surface area (Å²) in [6.45, 7) is 3.03. The fourth-order valence-electron chi connectivity index (χ4n) is 2.78. The third-order valence-corrected chi connectivity index (χ3v) is 4.30. The van der Waals surface area contributed by atoms with E-state index in [2.05, 4.69) is 41.8 Å². The van der Waals surface area contributed by atoms with E-state index in [-0.39, 0.29) is 0 Å². The maximum atomic E-state index is 5.67. The number of hydrogen-bond acceptors (Lipinski definition) is 2. The van der Waals surface area contributed by atoms with Gasteiger partial charge >= 0.3 is 0 Å². The van der Waals surface area contributed by atoms with Gasteiger partial charge in [-0.2, -0.15) is 0 Å². The summed E-state index contributed by atoms with van der Waals surface area (Å²) < 4.78 is 2.32. The van der Waals surface area contributed by atoms with Crippen LogP contribution < -0.4 is 5.73 Å². The van der Waals surface area contributed by atoms with Crippen LogP contribution in [0.3, 0.4) is 0 Å². The molecule has 3 nitrogen and oxygen atoms in total. The van der Waals surface area contributed by atoms with E-state index in [1.165, 1.54) is 17.5 Å². The summed E-state index contributed by atoms with van der Waals surface area (Å²) in [7, 11) is 0. The fourth-order valence-corrected chi connectivity index (χ4v) is 2.92. The molecule has 0 atom stereocenters. The number of nitrogens with zero attached hydrogens (tertiary/aromatic N) is 2. The zero-order chi connectivity index (χ0) is 16.2. The molecule has 3 rings (SSSR count). The van der Waals surface area contributed by atoms with Gasteiger partial charge in [0.25, 0.3) is 0 Å². The molecular formula is C19H21N3S. The molecule has 0 radical (unpaired) electrons. The Labute approximate surface area is 142 Å². The lowest BCUT2D eigenvalue weighted by molar-refractivity contribution is 0.690. The van der Waals surface area contributed by atoms with Crippen LogP contribution in [0.5, 0.6) is 0 Å². The van der Waals surface area contributed by atoms with Gasteiger partial charge in [0, 0.05) is 18.5 Å². The minimum absolute atomic E-state index is 0.438. The molecule has 0 amide bonds. The van der Waals surface area contributed by atoms with Gasteiger partial charge in [0.1, 0.15) is 10.8 Å². The molecule has 1 aromatic heterocycles. The first-order valence-electron chi connectivity index (χ1n) is 8.02. The van der Waals surface area contributed by atoms with Crippen LogP contribution in [0.15, 0.2) is 48.5 Å². The Hall–Kier alpha value is -2.20. The van der Waals surface area contributed by atoms with Gasteiger partial charge in [0.2, 0.25) is 0 Å². The SMILES string of the molecule is CCCCc1nc2ccccc2n1Cc1ccc(C(N)=S)cc1. The lowest BCUT2D eigenvalue weighted by Crippen LogP contribution is -2.10. The second-order valence-electron chi connectivity index (χ2n) is 5.77. The van der Waals surface area contributed by atoms with Crippen LogP contribution >= 0.6 is 12.2 Å². The molecule has 3 aromatic rings. The molecule has 23 heavy (non-hydrogen) atoms. The number of hydrogen-bond donors (Lipinski definition) is 1. The molecule has 0 saturated carbocycles. The zero-order valence-electron chi connectivity index (χ0n) is 13.3. The van der Waals surface area contributed by atoms with E-state index >= 15 is 0 Å². The van der Waals surface area contributed by atoms with Crippen molar-refractivity contribution < 1.29 is 0 Å². The average Bonchev–Trinajstić information content (AvgIpc) is 2.91. The van der Waals surface area contributed by atoms with E-state index in [1.807, 2.05) is 18.2 Å². The molecule has 0 spiro atoms. The summed E-state index contributed by atoms with van der Waals surface area (Å²) in [5, 5.41) is 0. The van der Waals surface area contributed by atoms with Gasteiger partial charge in [-0.25, -0.2) is 4.98 Å². The summed E-state index contributed by atoms with van der Waals surface area (Å²) in [5.41, 5.74) is 10.1. The highest BCUT2D eigenvalue weighted by atomic mass is 32.1. The van der Waals surface area contributed by atoms with Crippen molar-refractivity contribution in [2.24, 2.45) is 5.73 Å². The Balaban J connectivity index is 1.95. The number of thiocarbonyl (C=S) groups is 1. The lowest BCUT2D eigenvalue weighted by atomic mass is 10.1. The minimum Gasteiger partial charge on any atom is -0.389 e. The highest BCUT2D eigenvalue weighted by molar-refractivity contribution is 7.80. The Morgan fingerprint density at radius 2 is 1.87 bits per heavy atom. The Morgan fingerprint density at radius 1 is 1.13 bits per heavy atom. The van der Waals surface area contributed by atoms with Crippen LogP contribution in [0.1, 0.15) is 36.7 Å². The molecule has 2 N–H and O–H groups in total. The quantitative estimate of drug-likeness (QED) is 0.696. The molecule has 0 unspecified atom stereocenters. The molecule has 0 aliphatic heterocycles. The van der Waals surface area contributed by atoms with Crippen molar-refractivity contribution in [1.82, 2.24) is 9.55 Å². The van der Waals surface area contributed by atoms with Crippen LogP contribution in [0.4, 0.5) is 0 Å². The smallest absolute Gasteiger partial charge is 0.110 e. The van der Waals surface area contributed by atoms with Gasteiger partial charge in [-0.05, 0) is 24.1 Å². The number of fused-ring (bicyclic) bond motifs is 1. The summed E-state index contributed by atoms with van der Waals surface area (Å²) in [5.74, 6) is 1.16. The molecular weight excluding hydrogens is 302 g/mol. The molecule has 0 aliphatic carbocycles. The van der Waals surface area contributed by atoms with Crippen molar-refractivity contribution in [1.29, 1.82) is 0 Å². The van der Waals surface area contributed by atoms with E-state index < -0.39 is 0 Å². The minimum atomic E-state index is 0.438. The number of para-hydroxylation sites is 2. The third kappa shape index (κ3) is 3.42. The summed E-state index contributed by atoms with van der Waals surface area (Å²) in [4.78, 5) is 5.25. The molecule has 4 heteroatoms. The third-order valence-electron chi connectivity index (χ3n) is 4.07. The van der Waals surface area contributed by atoms with E-state index in [1.54, 1.807) is 0 Å². The number of unbranched alkanes of at least 4 members (excludes halogenated alkanes) is 1. The number of aryl methyl sites for hydroxylation is 1. The van der Waals surface area contributed by atoms with Gasteiger partial charge in [0.15, 0.2) is 0 Å². The van der Waals surface area contributed by atoms with Gasteiger partial charge in [-0.3, -0.25) is 0 Å². The first-order valence-corrected chi connectivity index (χ1v) is 8.42. The molecule has 0 aliphatic rings. The molecule has 0 saturated heterocycles. The zero-order valence-corrected chi connectivity index (χ0v) is 14.1. The molecule has 0 fully saturated rings. The monoisotopic (exact) mass is 323 g/mol. The number of imidazole rings is 1. The van der Waals surface area contributed by atoms with E-state index in [0.717, 1.165) is 36.3 Å². The lowest BCUT2D eigenvalue weighted by Gasteiger charge is -2.10. The number of benzene rings is 2. The van der Waals surface area contributed by atoms with Gasteiger partial charge in [0.05, 0.1) is 11.0 Å². The summed E-state index contributed by atoms with van der Waals surface area (Å²) >= 11 is 5.02. The van der Waals surface area contributed by atoms with Crippen LogP contribution in [0.2, 0.25) is 0 Å². The second kappa shape index (κ2) is 6.92. The molecule has 118 valence electrons. The van der Waals surface area contributed by atoms with Crippen LogP contribution in [0.25, 0.3) is 11.0 Å². The average molecular weight is 323 g/mol. The van der Waals surface area contributed by atoms with Crippen molar-refractivity contribution in [3.8, 4) is 0 Å². The van der Waals surface area contributed by atoms with E-state index in [0.29, 0.717) is 4.99 Å². The van der Waals surface area contributed by atoms with Gasteiger partial charge in [-0.1, -0.05) is 62.0 Å². The predicted octanol–water partition coefficient (Wildman–Crippen LogP) is 4.06. The molecule has 1 heterocycles. The number of aromatic nitrogens is 2. The second-order valence-corrected chi connectivity index (χ2v) is 6.21. The number of rotatable bonds is 6. The van der Waals surface area contributed by atoms with Crippen LogP contribution in [-0.2, 0) is 13.0 Å². The maximum Gasteiger partial charge on any atom is 0.110 e. The van der Waals surface area contributed by atoms with E-state index in [4.69, 9.17) is 22.9 Å².